The minimum absolute atomic E-state index is 0.0611. The Kier molecular flexibility index (Phi) is 3.84. The first-order chi connectivity index (χ1) is 10.2. The SMILES string of the molecule is CCOC(=O)c1cc(OCCO)c2ccn(C3CC3)c2c1. The van der Waals surface area contributed by atoms with Crippen LogP contribution in [0.25, 0.3) is 10.9 Å². The molecule has 1 saturated carbocycles. The molecule has 1 aliphatic rings. The summed E-state index contributed by atoms with van der Waals surface area (Å²) in [6.45, 7) is 2.27. The van der Waals surface area contributed by atoms with Gasteiger partial charge in [-0.2, -0.15) is 0 Å². The highest BCUT2D eigenvalue weighted by Gasteiger charge is 2.25. The maximum atomic E-state index is 12.0. The molecule has 5 heteroatoms. The molecule has 1 heterocycles. The lowest BCUT2D eigenvalue weighted by atomic mass is 10.1. The summed E-state index contributed by atoms with van der Waals surface area (Å²) in [5.41, 5.74) is 1.47. The number of ether oxygens (including phenoxy) is 2. The lowest BCUT2D eigenvalue weighted by molar-refractivity contribution is 0.0526. The van der Waals surface area contributed by atoms with E-state index in [9.17, 15) is 4.79 Å². The van der Waals surface area contributed by atoms with Crippen LogP contribution < -0.4 is 4.74 Å². The molecule has 0 atom stereocenters. The molecule has 0 bridgehead atoms. The van der Waals surface area contributed by atoms with Crippen LogP contribution in [-0.2, 0) is 4.74 Å². The fourth-order valence-corrected chi connectivity index (χ4v) is 2.51. The van der Waals surface area contributed by atoms with E-state index in [0.29, 0.717) is 24.0 Å². The summed E-state index contributed by atoms with van der Waals surface area (Å²) in [6.07, 6.45) is 4.36. The molecule has 1 fully saturated rings. The summed E-state index contributed by atoms with van der Waals surface area (Å²) in [6, 6.07) is 6.06. The van der Waals surface area contributed by atoms with E-state index in [0.717, 1.165) is 10.9 Å². The zero-order valence-corrected chi connectivity index (χ0v) is 12.0. The topological polar surface area (TPSA) is 60.7 Å². The number of carbonyl (C=O) groups excluding carboxylic acids is 1. The van der Waals surface area contributed by atoms with Crippen molar-refractivity contribution in [2.45, 2.75) is 25.8 Å². The first-order valence-electron chi connectivity index (χ1n) is 7.30. The van der Waals surface area contributed by atoms with E-state index in [1.165, 1.54) is 12.8 Å². The number of nitrogens with zero attached hydrogens (tertiary/aromatic N) is 1. The van der Waals surface area contributed by atoms with Gasteiger partial charge < -0.3 is 19.1 Å². The Hall–Kier alpha value is -2.01. The van der Waals surface area contributed by atoms with Crippen molar-refractivity contribution in [2.24, 2.45) is 0 Å². The maximum Gasteiger partial charge on any atom is 0.338 e. The fourth-order valence-electron chi connectivity index (χ4n) is 2.51. The molecule has 112 valence electrons. The average molecular weight is 289 g/mol. The first kappa shape index (κ1) is 13.9. The minimum Gasteiger partial charge on any atom is -0.490 e. The molecule has 1 aromatic heterocycles. The number of esters is 1. The average Bonchev–Trinajstić information content (AvgIpc) is 3.24. The smallest absolute Gasteiger partial charge is 0.338 e. The Labute approximate surface area is 123 Å². The Morgan fingerprint density at radius 3 is 2.90 bits per heavy atom. The third-order valence-corrected chi connectivity index (χ3v) is 3.60. The lowest BCUT2D eigenvalue weighted by Crippen LogP contribution is -2.07. The number of rotatable bonds is 6. The van der Waals surface area contributed by atoms with Crippen LogP contribution in [0.3, 0.4) is 0 Å². The molecule has 2 aromatic rings. The van der Waals surface area contributed by atoms with Gasteiger partial charge >= 0.3 is 5.97 Å². The highest BCUT2D eigenvalue weighted by Crippen LogP contribution is 2.40. The number of benzene rings is 1. The van der Waals surface area contributed by atoms with E-state index in [1.807, 2.05) is 18.3 Å². The predicted octanol–water partition coefficient (Wildman–Crippen LogP) is 2.52. The van der Waals surface area contributed by atoms with Gasteiger partial charge in [-0.05, 0) is 38.0 Å². The molecule has 0 aliphatic heterocycles. The predicted molar refractivity (Wildman–Crippen MR) is 78.7 cm³/mol. The molecule has 0 spiro atoms. The number of aromatic nitrogens is 1. The van der Waals surface area contributed by atoms with Gasteiger partial charge in [-0.1, -0.05) is 0 Å². The number of hydrogen-bond acceptors (Lipinski definition) is 4. The zero-order chi connectivity index (χ0) is 14.8. The standard InChI is InChI=1S/C16H19NO4/c1-2-20-16(19)11-9-14-13(15(10-11)21-8-7-18)5-6-17(14)12-3-4-12/h5-6,9-10,12,18H,2-4,7-8H2,1H3. The van der Waals surface area contributed by atoms with Crippen LogP contribution in [0, 0.1) is 0 Å². The fraction of sp³-hybridized carbons (Fsp3) is 0.438. The van der Waals surface area contributed by atoms with Gasteiger partial charge in [-0.25, -0.2) is 4.79 Å². The van der Waals surface area contributed by atoms with Crippen LogP contribution in [0.5, 0.6) is 5.75 Å². The minimum atomic E-state index is -0.350. The zero-order valence-electron chi connectivity index (χ0n) is 12.0. The molecule has 0 amide bonds. The normalized spacial score (nSPS) is 14.4. The maximum absolute atomic E-state index is 12.0. The molecule has 21 heavy (non-hydrogen) atoms. The molecular formula is C16H19NO4. The molecule has 0 unspecified atom stereocenters. The molecule has 0 saturated heterocycles. The number of carbonyl (C=O) groups is 1. The van der Waals surface area contributed by atoms with Crippen LogP contribution in [-0.4, -0.2) is 35.5 Å². The van der Waals surface area contributed by atoms with Crippen molar-refractivity contribution in [3.8, 4) is 5.75 Å². The third kappa shape index (κ3) is 2.74. The summed E-state index contributed by atoms with van der Waals surface area (Å²) in [5.74, 6) is 0.265. The van der Waals surface area contributed by atoms with Gasteiger partial charge in [0.05, 0.1) is 24.3 Å². The van der Waals surface area contributed by atoms with Crippen LogP contribution in [0.15, 0.2) is 24.4 Å². The van der Waals surface area contributed by atoms with E-state index < -0.39 is 0 Å². The Bertz CT molecular complexity index is 658. The van der Waals surface area contributed by atoms with E-state index >= 15 is 0 Å². The van der Waals surface area contributed by atoms with Crippen molar-refractivity contribution in [1.82, 2.24) is 4.57 Å². The van der Waals surface area contributed by atoms with Gasteiger partial charge in [-0.3, -0.25) is 0 Å². The van der Waals surface area contributed by atoms with Crippen molar-refractivity contribution in [3.05, 3.63) is 30.0 Å². The van der Waals surface area contributed by atoms with Crippen molar-refractivity contribution in [1.29, 1.82) is 0 Å². The molecule has 5 nitrogen and oxygen atoms in total. The highest BCUT2D eigenvalue weighted by atomic mass is 16.5. The molecule has 0 radical (unpaired) electrons. The van der Waals surface area contributed by atoms with Crippen LogP contribution in [0.2, 0.25) is 0 Å². The largest absolute Gasteiger partial charge is 0.490 e. The summed E-state index contributed by atoms with van der Waals surface area (Å²) in [4.78, 5) is 12.0. The van der Waals surface area contributed by atoms with Crippen LogP contribution in [0.4, 0.5) is 0 Å². The van der Waals surface area contributed by atoms with Crippen LogP contribution >= 0.6 is 0 Å². The Balaban J connectivity index is 2.06. The van der Waals surface area contributed by atoms with Gasteiger partial charge in [0.1, 0.15) is 12.4 Å². The second kappa shape index (κ2) is 5.77. The van der Waals surface area contributed by atoms with Crippen LogP contribution in [0.1, 0.15) is 36.2 Å². The molecule has 3 rings (SSSR count). The van der Waals surface area contributed by atoms with Gasteiger partial charge in [-0.15, -0.1) is 0 Å². The van der Waals surface area contributed by atoms with Crippen molar-refractivity contribution < 1.29 is 19.4 Å². The van der Waals surface area contributed by atoms with Gasteiger partial charge in [0.2, 0.25) is 0 Å². The van der Waals surface area contributed by atoms with Gasteiger partial charge in [0.15, 0.2) is 0 Å². The second-order valence-corrected chi connectivity index (χ2v) is 5.15. The Morgan fingerprint density at radius 2 is 2.24 bits per heavy atom. The third-order valence-electron chi connectivity index (χ3n) is 3.60. The highest BCUT2D eigenvalue weighted by molar-refractivity contribution is 5.97. The molecule has 1 aliphatic carbocycles. The number of aliphatic hydroxyl groups excluding tert-OH is 1. The monoisotopic (exact) mass is 289 g/mol. The summed E-state index contributed by atoms with van der Waals surface area (Å²) >= 11 is 0. The summed E-state index contributed by atoms with van der Waals surface area (Å²) < 4.78 is 12.8. The number of hydrogen-bond donors (Lipinski definition) is 1. The van der Waals surface area contributed by atoms with Crippen molar-refractivity contribution in [3.63, 3.8) is 0 Å². The lowest BCUT2D eigenvalue weighted by Gasteiger charge is -2.10. The summed E-state index contributed by atoms with van der Waals surface area (Å²) in [5, 5.41) is 9.91. The number of fused-ring (bicyclic) bond motifs is 1. The van der Waals surface area contributed by atoms with E-state index in [4.69, 9.17) is 14.6 Å². The number of aliphatic hydroxyl groups is 1. The van der Waals surface area contributed by atoms with Gasteiger partial charge in [0.25, 0.3) is 0 Å². The van der Waals surface area contributed by atoms with Crippen molar-refractivity contribution >= 4 is 16.9 Å². The van der Waals surface area contributed by atoms with Gasteiger partial charge in [0, 0.05) is 17.6 Å². The van der Waals surface area contributed by atoms with E-state index in [-0.39, 0.29) is 19.2 Å². The quantitative estimate of drug-likeness (QED) is 0.830. The first-order valence-corrected chi connectivity index (χ1v) is 7.30. The molecule has 1 aromatic carbocycles. The Morgan fingerprint density at radius 1 is 1.43 bits per heavy atom. The van der Waals surface area contributed by atoms with E-state index in [2.05, 4.69) is 4.57 Å². The molecular weight excluding hydrogens is 270 g/mol. The molecule has 1 N–H and O–H groups in total. The second-order valence-electron chi connectivity index (χ2n) is 5.15. The van der Waals surface area contributed by atoms with Crippen molar-refractivity contribution in [2.75, 3.05) is 19.8 Å². The summed E-state index contributed by atoms with van der Waals surface area (Å²) in [7, 11) is 0. The van der Waals surface area contributed by atoms with E-state index in [1.54, 1.807) is 13.0 Å².